The van der Waals surface area contributed by atoms with Crippen LogP contribution < -0.4 is 31.3 Å². The highest BCUT2D eigenvalue weighted by Gasteiger charge is 2.56. The first kappa shape index (κ1) is 17.7. The largest absolute Gasteiger partial charge is 0.435 e. The van der Waals surface area contributed by atoms with Crippen molar-refractivity contribution in [1.29, 1.82) is 0 Å². The maximum absolute atomic E-state index is 7.56. The fourth-order valence-electron chi connectivity index (χ4n) is 4.83. The van der Waals surface area contributed by atoms with Gasteiger partial charge in [-0.05, 0) is 0 Å². The van der Waals surface area contributed by atoms with Crippen molar-refractivity contribution in [2.24, 2.45) is 14.1 Å². The quantitative estimate of drug-likeness (QED) is 0.414. The van der Waals surface area contributed by atoms with Crippen LogP contribution in [-0.2, 0) is 14.1 Å². The Morgan fingerprint density at radius 3 is 1.36 bits per heavy atom. The van der Waals surface area contributed by atoms with Gasteiger partial charge in [0.2, 0.25) is 0 Å². The van der Waals surface area contributed by atoms with Crippen LogP contribution in [0.25, 0.3) is 0 Å². The summed E-state index contributed by atoms with van der Waals surface area (Å²) in [7, 11) is 4.06. The summed E-state index contributed by atoms with van der Waals surface area (Å²) < 4.78 is 8.52. The summed E-state index contributed by atoms with van der Waals surface area (Å²) in [6, 6.07) is 20.5. The molecule has 2 aromatic heterocycles. The fraction of sp³-hybridized carbons (Fsp3) is 0.100. The van der Waals surface area contributed by atoms with Gasteiger partial charge in [-0.25, -0.2) is 0 Å². The number of benzene rings is 2. The van der Waals surface area contributed by atoms with Gasteiger partial charge in [0.15, 0.2) is 0 Å². The lowest BCUT2D eigenvalue weighted by Gasteiger charge is -2.44. The van der Waals surface area contributed by atoms with Crippen LogP contribution in [0.3, 0.4) is 0 Å². The minimum Gasteiger partial charge on any atom is -0.435 e. The van der Waals surface area contributed by atoms with Crippen LogP contribution in [0, 0.1) is 0 Å². The van der Waals surface area contributed by atoms with E-state index in [1.165, 1.54) is 0 Å². The molecule has 0 amide bonds. The Morgan fingerprint density at radius 1 is 0.643 bits per heavy atom. The van der Waals surface area contributed by atoms with E-state index in [9.17, 15) is 0 Å². The molecule has 0 aliphatic carbocycles. The number of nitrogens with zero attached hydrogens (tertiary/aromatic N) is 4. The van der Waals surface area contributed by atoms with E-state index < -0.39 is 11.4 Å². The second kappa shape index (κ2) is 6.03. The molecule has 4 nitrogen and oxygen atoms in total. The lowest BCUT2D eigenvalue weighted by Crippen LogP contribution is -3.00. The zero-order valence-corrected chi connectivity index (χ0v) is 17.3. The van der Waals surface area contributed by atoms with Gasteiger partial charge in [-0.15, -0.1) is 10.9 Å². The van der Waals surface area contributed by atoms with Crippen molar-refractivity contribution < 1.29 is 8.96 Å². The molecule has 0 saturated heterocycles. The molecule has 8 heteroatoms. The molecule has 0 unspecified atom stereocenters. The van der Waals surface area contributed by atoms with Gasteiger partial charge in [0, 0.05) is 0 Å². The van der Waals surface area contributed by atoms with Crippen molar-refractivity contribution in [2.45, 2.75) is 0 Å². The average molecular weight is 409 g/mol. The molecule has 0 bridgehead atoms. The molecular formula is C20H20B2Cl2N4. The first-order valence-electron chi connectivity index (χ1n) is 9.42. The lowest BCUT2D eigenvalue weighted by molar-refractivity contribution is -0.574. The molecular weight excluding hydrogens is 389 g/mol. The number of aromatic nitrogens is 4. The van der Waals surface area contributed by atoms with E-state index >= 15 is 0 Å². The first-order chi connectivity index (χ1) is 13.5. The number of rotatable bonds is 2. The molecule has 0 fully saturated rings. The van der Waals surface area contributed by atoms with Gasteiger partial charge in [-0.1, -0.05) is 60.7 Å². The highest BCUT2D eigenvalue weighted by Crippen LogP contribution is 2.15. The normalized spacial score (nSPS) is 23.3. The molecule has 28 heavy (non-hydrogen) atoms. The van der Waals surface area contributed by atoms with Crippen molar-refractivity contribution in [3.05, 3.63) is 85.5 Å². The van der Waals surface area contributed by atoms with Crippen LogP contribution in [-0.4, -0.2) is 20.5 Å². The predicted molar refractivity (Wildman–Crippen MR) is 117 cm³/mol. The van der Waals surface area contributed by atoms with Crippen LogP contribution >= 0.6 is 22.9 Å². The first-order valence-corrected chi connectivity index (χ1v) is 10.3. The standard InChI is InChI=1S/C20H20B2Cl2N4/c1-25-13-15-27-19(25)21(23,17-9-5-3-6-10-17)28-16-14-26(2)20(28)22(27,24)18-11-7-4-8-12-18/h3-16H,1-2H3/t21-,22+. The van der Waals surface area contributed by atoms with Crippen molar-refractivity contribution in [1.82, 2.24) is 9.13 Å². The monoisotopic (exact) mass is 408 g/mol. The molecule has 3 heterocycles. The van der Waals surface area contributed by atoms with Crippen LogP contribution in [0.1, 0.15) is 0 Å². The van der Waals surface area contributed by atoms with E-state index in [1.807, 2.05) is 75.3 Å². The van der Waals surface area contributed by atoms with Crippen LogP contribution in [0.4, 0.5) is 0 Å². The number of imidazole rings is 2. The predicted octanol–water partition coefficient (Wildman–Crippen LogP) is -0.0610. The van der Waals surface area contributed by atoms with Gasteiger partial charge in [-0.3, -0.25) is 9.13 Å². The summed E-state index contributed by atoms with van der Waals surface area (Å²) in [6.07, 6.45) is 8.16. The minimum absolute atomic E-state index is 0.982. The molecule has 0 spiro atoms. The summed E-state index contributed by atoms with van der Waals surface area (Å²) in [5.41, 5.74) is 0.532. The van der Waals surface area contributed by atoms with Gasteiger partial charge in [0.25, 0.3) is 0 Å². The van der Waals surface area contributed by atoms with Crippen LogP contribution in [0.5, 0.6) is 0 Å². The number of halogens is 2. The highest BCUT2D eigenvalue weighted by atomic mass is 35.5. The van der Waals surface area contributed by atoms with Crippen LogP contribution in [0.15, 0.2) is 85.5 Å². The summed E-state index contributed by atoms with van der Waals surface area (Å²) in [4.78, 5) is 0. The SMILES string of the molecule is Cn1cc[n+]2c1[B@-](Cl)(c1ccccc1)[n+]1ccn(C)c1[B@@-]2(Cl)c1ccccc1. The molecule has 0 N–H and O–H groups in total. The van der Waals surface area contributed by atoms with E-state index in [-0.39, 0.29) is 0 Å². The topological polar surface area (TPSA) is 17.6 Å². The Hall–Kier alpha value is -2.43. The molecule has 4 aromatic rings. The van der Waals surface area contributed by atoms with Crippen LogP contribution in [0.2, 0.25) is 0 Å². The molecule has 5 rings (SSSR count). The van der Waals surface area contributed by atoms with Crippen molar-refractivity contribution in [2.75, 3.05) is 0 Å². The minimum atomic E-state index is -1.77. The Balaban J connectivity index is 1.93. The third kappa shape index (κ3) is 2.10. The molecule has 0 radical (unpaired) electrons. The van der Waals surface area contributed by atoms with Gasteiger partial charge >= 0.3 is 11.4 Å². The van der Waals surface area contributed by atoms with E-state index in [4.69, 9.17) is 22.9 Å². The summed E-state index contributed by atoms with van der Waals surface area (Å²) in [5.74, 6) is 0. The Labute approximate surface area is 174 Å². The molecule has 0 saturated carbocycles. The fourth-order valence-corrected chi connectivity index (χ4v) is 5.99. The molecule has 140 valence electrons. The maximum Gasteiger partial charge on any atom is 0.402 e. The zero-order valence-electron chi connectivity index (χ0n) is 15.8. The van der Waals surface area contributed by atoms with Gasteiger partial charge in [-0.2, -0.15) is 0 Å². The Bertz CT molecular complexity index is 1080. The average Bonchev–Trinajstić information content (AvgIpc) is 3.32. The highest BCUT2D eigenvalue weighted by molar-refractivity contribution is 7.33. The lowest BCUT2D eigenvalue weighted by atomic mass is 9.42. The van der Waals surface area contributed by atoms with Gasteiger partial charge in [0.05, 0.1) is 26.5 Å². The second-order valence-electron chi connectivity index (χ2n) is 7.61. The van der Waals surface area contributed by atoms with Gasteiger partial charge < -0.3 is 31.9 Å². The third-order valence-corrected chi connectivity index (χ3v) is 7.40. The van der Waals surface area contributed by atoms with E-state index in [2.05, 4.69) is 42.4 Å². The summed E-state index contributed by atoms with van der Waals surface area (Å²) in [6.45, 7) is 0. The Morgan fingerprint density at radius 2 is 1.00 bits per heavy atom. The molecule has 2 aromatic carbocycles. The molecule has 2 atom stereocenters. The van der Waals surface area contributed by atoms with Crippen molar-refractivity contribution >= 4 is 56.7 Å². The zero-order chi connectivity index (χ0) is 19.5. The smallest absolute Gasteiger partial charge is 0.402 e. The number of hydrogen-bond donors (Lipinski definition) is 0. The number of aryl methyl sites for hydroxylation is 2. The van der Waals surface area contributed by atoms with Crippen molar-refractivity contribution in [3.63, 3.8) is 0 Å². The molecule has 1 aliphatic heterocycles. The number of hydrogen-bond acceptors (Lipinski definition) is 0. The van der Waals surface area contributed by atoms with E-state index in [0.717, 1.165) is 22.4 Å². The second-order valence-corrected chi connectivity index (χ2v) is 8.87. The third-order valence-electron chi connectivity index (χ3n) is 6.09. The summed E-state index contributed by atoms with van der Waals surface area (Å²) in [5, 5.41) is 0. The van der Waals surface area contributed by atoms with E-state index in [0.29, 0.717) is 0 Å². The van der Waals surface area contributed by atoms with E-state index in [1.54, 1.807) is 0 Å². The Kier molecular flexibility index (Phi) is 3.80. The maximum atomic E-state index is 7.56. The molecule has 1 aliphatic rings. The number of fused-ring (bicyclic) bond motifs is 2. The summed E-state index contributed by atoms with van der Waals surface area (Å²) >= 11 is 15.1. The van der Waals surface area contributed by atoms with Crippen molar-refractivity contribution in [3.8, 4) is 0 Å². The van der Waals surface area contributed by atoms with Gasteiger partial charge in [0.1, 0.15) is 23.8 Å².